The van der Waals surface area contributed by atoms with Gasteiger partial charge in [0.25, 0.3) is 0 Å². The van der Waals surface area contributed by atoms with E-state index >= 15 is 0 Å². The fourth-order valence-electron chi connectivity index (χ4n) is 1.99. The summed E-state index contributed by atoms with van der Waals surface area (Å²) in [6.07, 6.45) is 0. The number of halogens is 2. The van der Waals surface area contributed by atoms with Crippen LogP contribution in [0.15, 0.2) is 21.7 Å². The lowest BCUT2D eigenvalue weighted by molar-refractivity contribution is 0.415. The molecule has 1 aromatic heterocycles. The molecule has 0 N–H and O–H groups in total. The van der Waals surface area contributed by atoms with Crippen molar-refractivity contribution in [1.82, 2.24) is 13.7 Å². The largest absolute Gasteiger partial charge is 0.495 e. The highest BCUT2D eigenvalue weighted by Crippen LogP contribution is 2.34. The quantitative estimate of drug-likeness (QED) is 0.784. The first-order chi connectivity index (χ1) is 10.3. The third-order valence-corrected chi connectivity index (χ3v) is 4.74. The summed E-state index contributed by atoms with van der Waals surface area (Å²) in [7, 11) is 4.48. The van der Waals surface area contributed by atoms with Gasteiger partial charge >= 0.3 is 11.4 Å². The number of hydrogen-bond donors (Lipinski definition) is 0. The molecule has 0 radical (unpaired) electrons. The number of hydrogen-bond acceptors (Lipinski definition) is 4. The van der Waals surface area contributed by atoms with E-state index < -0.39 is 11.4 Å². The third kappa shape index (κ3) is 2.71. The van der Waals surface area contributed by atoms with Crippen LogP contribution in [-0.2, 0) is 20.6 Å². The van der Waals surface area contributed by atoms with Gasteiger partial charge in [0.2, 0.25) is 0 Å². The van der Waals surface area contributed by atoms with Crippen LogP contribution in [0.3, 0.4) is 0 Å². The normalized spacial score (nSPS) is 10.8. The summed E-state index contributed by atoms with van der Waals surface area (Å²) in [6.45, 7) is -0.0164. The van der Waals surface area contributed by atoms with Crippen molar-refractivity contribution in [3.8, 4) is 5.75 Å². The minimum absolute atomic E-state index is 0.0164. The summed E-state index contributed by atoms with van der Waals surface area (Å²) in [5.41, 5.74) is -0.504. The van der Waals surface area contributed by atoms with Crippen molar-refractivity contribution in [1.29, 1.82) is 0 Å². The molecule has 9 heteroatoms. The van der Waals surface area contributed by atoms with Crippen LogP contribution < -0.4 is 16.1 Å². The van der Waals surface area contributed by atoms with E-state index in [0.29, 0.717) is 11.3 Å². The van der Waals surface area contributed by atoms with Crippen molar-refractivity contribution in [3.63, 3.8) is 0 Å². The molecule has 0 saturated carbocycles. The van der Waals surface area contributed by atoms with E-state index in [4.69, 9.17) is 40.2 Å². The Labute approximate surface area is 141 Å². The van der Waals surface area contributed by atoms with E-state index in [-0.39, 0.29) is 21.4 Å². The zero-order valence-corrected chi connectivity index (χ0v) is 14.4. The van der Waals surface area contributed by atoms with Gasteiger partial charge in [-0.2, -0.15) is 0 Å². The van der Waals surface area contributed by atoms with Crippen LogP contribution in [0, 0.1) is 4.77 Å². The predicted molar refractivity (Wildman–Crippen MR) is 87.9 cm³/mol. The number of nitrogens with zero attached hydrogens (tertiary/aromatic N) is 3. The van der Waals surface area contributed by atoms with E-state index in [1.165, 1.54) is 30.3 Å². The van der Waals surface area contributed by atoms with Gasteiger partial charge in [0.05, 0.1) is 18.7 Å². The molecule has 6 nitrogen and oxygen atoms in total. The summed E-state index contributed by atoms with van der Waals surface area (Å²) in [6, 6.07) is 3.28. The molecule has 0 atom stereocenters. The highest BCUT2D eigenvalue weighted by Gasteiger charge is 2.14. The number of benzene rings is 1. The number of ether oxygens (including phenoxy) is 1. The van der Waals surface area contributed by atoms with Gasteiger partial charge in [-0.05, 0) is 23.8 Å². The first-order valence-electron chi connectivity index (χ1n) is 6.17. The summed E-state index contributed by atoms with van der Waals surface area (Å²) in [5.74, 6) is 0.419. The van der Waals surface area contributed by atoms with Gasteiger partial charge in [-0.25, -0.2) is 14.2 Å². The highest BCUT2D eigenvalue weighted by molar-refractivity contribution is 7.71. The molecule has 0 unspecified atom stereocenters. The topological polar surface area (TPSA) is 58.2 Å². The van der Waals surface area contributed by atoms with Gasteiger partial charge < -0.3 is 4.74 Å². The molecule has 0 saturated heterocycles. The highest BCUT2D eigenvalue weighted by atomic mass is 35.5. The molecule has 0 aliphatic heterocycles. The molecule has 1 heterocycles. The van der Waals surface area contributed by atoms with Gasteiger partial charge in [-0.15, -0.1) is 0 Å². The van der Waals surface area contributed by atoms with Crippen LogP contribution in [0.1, 0.15) is 5.56 Å². The number of methoxy groups -OCH3 is 1. The van der Waals surface area contributed by atoms with Crippen molar-refractivity contribution >= 4 is 35.4 Å². The molecule has 118 valence electrons. The Hall–Kier alpha value is -1.57. The molecular formula is C13H13Cl2N3O3S. The van der Waals surface area contributed by atoms with Gasteiger partial charge in [0, 0.05) is 14.1 Å². The SMILES string of the molecule is COc1ccc(Cn2c(=O)n(C)c(=S)n(C)c2=O)c(Cl)c1Cl. The van der Waals surface area contributed by atoms with Gasteiger partial charge in [-0.1, -0.05) is 29.3 Å². The predicted octanol–water partition coefficient (Wildman–Crippen LogP) is 1.98. The van der Waals surface area contributed by atoms with Crippen LogP contribution in [-0.4, -0.2) is 20.8 Å². The Bertz CT molecular complexity index is 874. The summed E-state index contributed by atoms with van der Waals surface area (Å²) in [5, 5.41) is 0.468. The van der Waals surface area contributed by atoms with Crippen molar-refractivity contribution in [2.75, 3.05) is 7.11 Å². The van der Waals surface area contributed by atoms with Crippen LogP contribution in [0.4, 0.5) is 0 Å². The van der Waals surface area contributed by atoms with Crippen molar-refractivity contribution in [2.24, 2.45) is 14.1 Å². The second-order valence-corrected chi connectivity index (χ2v) is 5.73. The molecule has 0 bridgehead atoms. The average Bonchev–Trinajstić information content (AvgIpc) is 2.51. The van der Waals surface area contributed by atoms with E-state index in [2.05, 4.69) is 0 Å². The monoisotopic (exact) mass is 361 g/mol. The van der Waals surface area contributed by atoms with E-state index in [1.54, 1.807) is 12.1 Å². The van der Waals surface area contributed by atoms with Crippen LogP contribution >= 0.6 is 35.4 Å². The molecule has 0 aliphatic carbocycles. The first kappa shape index (κ1) is 16.8. The molecule has 22 heavy (non-hydrogen) atoms. The molecule has 0 spiro atoms. The van der Waals surface area contributed by atoms with Crippen LogP contribution in [0.25, 0.3) is 0 Å². The second kappa shape index (κ2) is 6.28. The first-order valence-corrected chi connectivity index (χ1v) is 7.33. The summed E-state index contributed by atoms with van der Waals surface area (Å²) < 4.78 is 8.68. The molecule has 2 rings (SSSR count). The maximum absolute atomic E-state index is 12.2. The lowest BCUT2D eigenvalue weighted by Gasteiger charge is -2.13. The molecule has 1 aromatic carbocycles. The van der Waals surface area contributed by atoms with Gasteiger partial charge in [-0.3, -0.25) is 9.13 Å². The zero-order valence-electron chi connectivity index (χ0n) is 12.1. The second-order valence-electron chi connectivity index (χ2n) is 4.61. The Balaban J connectivity index is 2.63. The van der Waals surface area contributed by atoms with E-state index in [0.717, 1.165) is 4.57 Å². The van der Waals surface area contributed by atoms with E-state index in [9.17, 15) is 9.59 Å². The molecular weight excluding hydrogens is 349 g/mol. The Morgan fingerprint density at radius 2 is 1.64 bits per heavy atom. The van der Waals surface area contributed by atoms with Crippen LogP contribution in [0.2, 0.25) is 10.0 Å². The third-order valence-electron chi connectivity index (χ3n) is 3.28. The molecule has 0 fully saturated rings. The fourth-order valence-corrected chi connectivity index (χ4v) is 2.62. The maximum atomic E-state index is 12.2. The van der Waals surface area contributed by atoms with Crippen LogP contribution in [0.5, 0.6) is 5.75 Å². The minimum atomic E-state index is -0.517. The number of rotatable bonds is 3. The fraction of sp³-hybridized carbons (Fsp3) is 0.308. The zero-order chi connectivity index (χ0) is 16.6. The Kier molecular flexibility index (Phi) is 4.79. The summed E-state index contributed by atoms with van der Waals surface area (Å²) in [4.78, 5) is 24.5. The van der Waals surface area contributed by atoms with Gasteiger partial charge in [0.1, 0.15) is 10.8 Å². The Morgan fingerprint density at radius 1 is 1.09 bits per heavy atom. The number of aromatic nitrogens is 3. The Morgan fingerprint density at radius 3 is 2.14 bits per heavy atom. The van der Waals surface area contributed by atoms with Crippen molar-refractivity contribution in [2.45, 2.75) is 6.54 Å². The van der Waals surface area contributed by atoms with Crippen molar-refractivity contribution in [3.05, 3.63) is 53.5 Å². The standard InChI is InChI=1S/C13H13Cl2N3O3S/c1-16-11(19)18(12(20)17(2)13(16)22)6-7-4-5-8(21-3)10(15)9(7)14/h4-5H,6H2,1-3H3. The lowest BCUT2D eigenvalue weighted by atomic mass is 10.2. The molecule has 2 aromatic rings. The van der Waals surface area contributed by atoms with Crippen molar-refractivity contribution < 1.29 is 4.74 Å². The molecule has 0 aliphatic rings. The summed E-state index contributed by atoms with van der Waals surface area (Å²) >= 11 is 17.3. The van der Waals surface area contributed by atoms with E-state index in [1.807, 2.05) is 0 Å². The maximum Gasteiger partial charge on any atom is 0.334 e. The van der Waals surface area contributed by atoms with Gasteiger partial charge in [0.15, 0.2) is 4.77 Å². The average molecular weight is 362 g/mol. The minimum Gasteiger partial charge on any atom is -0.495 e. The molecule has 0 amide bonds. The smallest absolute Gasteiger partial charge is 0.334 e. The lowest BCUT2D eigenvalue weighted by Crippen LogP contribution is -2.44.